The summed E-state index contributed by atoms with van der Waals surface area (Å²) in [7, 11) is -3.77. The van der Waals surface area contributed by atoms with Crippen molar-refractivity contribution in [3.05, 3.63) is 66.9 Å². The van der Waals surface area contributed by atoms with Gasteiger partial charge in [0.15, 0.2) is 11.6 Å². The molecule has 4 rings (SSSR count). The Labute approximate surface area is 175 Å². The molecule has 30 heavy (non-hydrogen) atoms. The second-order valence-corrected chi connectivity index (χ2v) is 8.91. The van der Waals surface area contributed by atoms with Gasteiger partial charge in [-0.15, -0.1) is 5.10 Å². The van der Waals surface area contributed by atoms with Crippen molar-refractivity contribution in [2.75, 3.05) is 11.3 Å². The predicted octanol–water partition coefficient (Wildman–Crippen LogP) is 3.53. The fraction of sp³-hybridized carbons (Fsp3) is 0.238. The lowest BCUT2D eigenvalue weighted by molar-refractivity contribution is -0.130. The van der Waals surface area contributed by atoms with Gasteiger partial charge in [-0.05, 0) is 50.2 Å². The minimum absolute atomic E-state index is 0.122. The highest BCUT2D eigenvalue weighted by molar-refractivity contribution is 7.92. The highest BCUT2D eigenvalue weighted by Crippen LogP contribution is 2.23. The smallest absolute Gasteiger partial charge is 0.263 e. The first-order chi connectivity index (χ1) is 14.3. The molecule has 1 aromatic heterocycles. The van der Waals surface area contributed by atoms with Crippen molar-refractivity contribution < 1.29 is 17.9 Å². The van der Waals surface area contributed by atoms with E-state index in [9.17, 15) is 8.42 Å². The Morgan fingerprint density at radius 3 is 2.53 bits per heavy atom. The van der Waals surface area contributed by atoms with Gasteiger partial charge in [0.25, 0.3) is 10.0 Å². The maximum Gasteiger partial charge on any atom is 0.263 e. The molecule has 0 radical (unpaired) electrons. The molecule has 1 N–H and O–H groups in total. The van der Waals surface area contributed by atoms with Crippen LogP contribution in [0.4, 0.5) is 11.5 Å². The summed E-state index contributed by atoms with van der Waals surface area (Å²) >= 11 is 0. The molecule has 2 aromatic carbocycles. The van der Waals surface area contributed by atoms with Gasteiger partial charge in [-0.3, -0.25) is 9.71 Å². The fourth-order valence-electron chi connectivity index (χ4n) is 2.97. The van der Waals surface area contributed by atoms with E-state index in [1.807, 2.05) is 44.2 Å². The molecule has 0 amide bonds. The Morgan fingerprint density at radius 1 is 1.13 bits per heavy atom. The molecule has 1 aliphatic rings. The van der Waals surface area contributed by atoms with Gasteiger partial charge < -0.3 is 9.47 Å². The maximum atomic E-state index is 12.7. The lowest BCUT2D eigenvalue weighted by Gasteiger charge is -2.15. The minimum Gasteiger partial charge on any atom is -0.347 e. The van der Waals surface area contributed by atoms with E-state index in [4.69, 9.17) is 9.47 Å². The van der Waals surface area contributed by atoms with E-state index in [-0.39, 0.29) is 16.8 Å². The second-order valence-electron chi connectivity index (χ2n) is 7.23. The van der Waals surface area contributed by atoms with Gasteiger partial charge in [0.1, 0.15) is 6.10 Å². The van der Waals surface area contributed by atoms with Gasteiger partial charge >= 0.3 is 0 Å². The van der Waals surface area contributed by atoms with Crippen molar-refractivity contribution in [3.8, 4) is 5.69 Å². The largest absolute Gasteiger partial charge is 0.347 e. The molecule has 8 nitrogen and oxygen atoms in total. The molecular weight excluding hydrogens is 404 g/mol. The molecule has 0 spiro atoms. The lowest BCUT2D eigenvalue weighted by Crippen LogP contribution is -2.21. The molecule has 0 unspecified atom stereocenters. The van der Waals surface area contributed by atoms with E-state index < -0.39 is 15.8 Å². The number of nitrogens with one attached hydrogen (secondary N) is 1. The van der Waals surface area contributed by atoms with E-state index in [1.54, 1.807) is 35.3 Å². The van der Waals surface area contributed by atoms with Crippen LogP contribution in [-0.2, 0) is 19.5 Å². The monoisotopic (exact) mass is 426 g/mol. The number of aliphatic imine (C=N–C) groups is 1. The van der Waals surface area contributed by atoms with Crippen LogP contribution in [0.25, 0.3) is 5.69 Å². The zero-order valence-corrected chi connectivity index (χ0v) is 17.4. The summed E-state index contributed by atoms with van der Waals surface area (Å²) in [6.07, 6.45) is 3.12. The molecule has 1 aliphatic heterocycles. The third-order valence-electron chi connectivity index (χ3n) is 4.42. The molecule has 0 bridgehead atoms. The van der Waals surface area contributed by atoms with Crippen molar-refractivity contribution in [2.45, 2.75) is 30.6 Å². The Morgan fingerprint density at radius 2 is 1.87 bits per heavy atom. The second kappa shape index (κ2) is 8.02. The third kappa shape index (κ3) is 4.76. The maximum absolute atomic E-state index is 12.7. The van der Waals surface area contributed by atoms with Crippen LogP contribution in [0.3, 0.4) is 0 Å². The average Bonchev–Trinajstić information content (AvgIpc) is 3.33. The zero-order valence-electron chi connectivity index (χ0n) is 16.6. The summed E-state index contributed by atoms with van der Waals surface area (Å²) < 4.78 is 40.6. The molecule has 1 saturated heterocycles. The molecule has 2 heterocycles. The van der Waals surface area contributed by atoms with Crippen LogP contribution in [0.1, 0.15) is 13.8 Å². The first-order valence-corrected chi connectivity index (χ1v) is 10.9. The molecule has 0 aliphatic carbocycles. The number of hydrogen-bond acceptors (Lipinski definition) is 6. The number of hydrogen-bond donors (Lipinski definition) is 1. The summed E-state index contributed by atoms with van der Waals surface area (Å²) in [5.74, 6) is -0.379. The number of nitrogens with zero attached hydrogens (tertiary/aromatic N) is 3. The van der Waals surface area contributed by atoms with E-state index >= 15 is 0 Å². The Hall–Kier alpha value is -3.01. The topological polar surface area (TPSA) is 94.8 Å². The van der Waals surface area contributed by atoms with Gasteiger partial charge in [0.2, 0.25) is 0 Å². The molecule has 3 aromatic rings. The number of anilines is 1. The van der Waals surface area contributed by atoms with Crippen molar-refractivity contribution in [2.24, 2.45) is 4.99 Å². The third-order valence-corrected chi connectivity index (χ3v) is 5.79. The SMILES string of the molecule is CC1(C)OC[C@@H](C=Nc2ccc(S(=O)(=O)Nc3ccn(-c4ccccc4)n3)cc2)O1. The van der Waals surface area contributed by atoms with E-state index in [0.29, 0.717) is 12.3 Å². The van der Waals surface area contributed by atoms with Gasteiger partial charge in [0.05, 0.1) is 22.9 Å². The molecule has 1 atom stereocenters. The Balaban J connectivity index is 1.43. The zero-order chi connectivity index (χ0) is 21.2. The standard InChI is InChI=1S/C21H22N4O4S/c1-21(2)28-15-18(29-21)14-22-16-8-10-19(11-9-16)30(26,27)24-20-12-13-25(23-20)17-6-4-3-5-7-17/h3-14,18H,15H2,1-2H3,(H,23,24)/t18-/m1/s1. The van der Waals surface area contributed by atoms with Crippen molar-refractivity contribution >= 4 is 27.7 Å². The van der Waals surface area contributed by atoms with Gasteiger partial charge in [0, 0.05) is 18.5 Å². The predicted molar refractivity (Wildman–Crippen MR) is 114 cm³/mol. The van der Waals surface area contributed by atoms with Gasteiger partial charge in [-0.2, -0.15) is 0 Å². The molecule has 0 saturated carbocycles. The summed E-state index contributed by atoms with van der Waals surface area (Å²) in [5, 5.41) is 4.27. The average molecular weight is 426 g/mol. The normalized spacial score (nSPS) is 18.7. The number of ether oxygens (including phenoxy) is 2. The molecule has 1 fully saturated rings. The first-order valence-electron chi connectivity index (χ1n) is 9.41. The van der Waals surface area contributed by atoms with E-state index in [2.05, 4.69) is 14.8 Å². The Kier molecular flexibility index (Phi) is 5.42. The van der Waals surface area contributed by atoms with Gasteiger partial charge in [-0.1, -0.05) is 18.2 Å². The number of sulfonamides is 1. The summed E-state index contributed by atoms with van der Waals surface area (Å²) in [4.78, 5) is 4.46. The minimum atomic E-state index is -3.77. The van der Waals surface area contributed by atoms with Crippen LogP contribution in [0.5, 0.6) is 0 Å². The number of rotatable bonds is 6. The summed E-state index contributed by atoms with van der Waals surface area (Å²) in [5.41, 5.74) is 1.46. The quantitative estimate of drug-likeness (QED) is 0.609. The van der Waals surface area contributed by atoms with Crippen molar-refractivity contribution in [3.63, 3.8) is 0 Å². The van der Waals surface area contributed by atoms with Crippen molar-refractivity contribution in [1.82, 2.24) is 9.78 Å². The van der Waals surface area contributed by atoms with Crippen LogP contribution in [-0.4, -0.2) is 42.9 Å². The van der Waals surface area contributed by atoms with Crippen LogP contribution in [0, 0.1) is 0 Å². The molecule has 9 heteroatoms. The number of aromatic nitrogens is 2. The highest BCUT2D eigenvalue weighted by Gasteiger charge is 2.31. The molecular formula is C21H22N4O4S. The van der Waals surface area contributed by atoms with E-state index in [0.717, 1.165) is 5.69 Å². The van der Waals surface area contributed by atoms with Gasteiger partial charge in [-0.25, -0.2) is 13.1 Å². The molecule has 156 valence electrons. The van der Waals surface area contributed by atoms with Crippen molar-refractivity contribution in [1.29, 1.82) is 0 Å². The fourth-order valence-corrected chi connectivity index (χ4v) is 3.97. The number of benzene rings is 2. The number of para-hydroxylation sites is 1. The highest BCUT2D eigenvalue weighted by atomic mass is 32.2. The summed E-state index contributed by atoms with van der Waals surface area (Å²) in [6, 6.07) is 17.3. The Bertz CT molecular complexity index is 1140. The lowest BCUT2D eigenvalue weighted by atomic mass is 10.3. The first kappa shape index (κ1) is 20.3. The van der Waals surface area contributed by atoms with Crippen LogP contribution in [0.2, 0.25) is 0 Å². The summed E-state index contributed by atoms with van der Waals surface area (Å²) in [6.45, 7) is 4.12. The van der Waals surface area contributed by atoms with Crippen LogP contribution >= 0.6 is 0 Å². The van der Waals surface area contributed by atoms with E-state index in [1.165, 1.54) is 12.1 Å². The van der Waals surface area contributed by atoms with Crippen LogP contribution in [0.15, 0.2) is 76.7 Å². The van der Waals surface area contributed by atoms with Crippen LogP contribution < -0.4 is 4.72 Å².